The maximum absolute atomic E-state index is 15.6. The van der Waals surface area contributed by atoms with E-state index in [0.717, 1.165) is 29.9 Å². The fourth-order valence-electron chi connectivity index (χ4n) is 4.40. The van der Waals surface area contributed by atoms with E-state index in [1.807, 2.05) is 0 Å². The average Bonchev–Trinajstić information content (AvgIpc) is 3.69. The van der Waals surface area contributed by atoms with E-state index in [0.29, 0.717) is 53.2 Å². The van der Waals surface area contributed by atoms with Crippen LogP contribution < -0.4 is 20.4 Å². The number of amides is 2. The van der Waals surface area contributed by atoms with E-state index in [4.69, 9.17) is 28.3 Å². The normalized spacial score (nSPS) is 14.9. The van der Waals surface area contributed by atoms with Crippen LogP contribution in [0.5, 0.6) is 0 Å². The molecule has 2 amide bonds. The molecule has 0 saturated heterocycles. The smallest absolute Gasteiger partial charge is 0.335 e. The Morgan fingerprint density at radius 2 is 1.76 bits per heavy atom. The van der Waals surface area contributed by atoms with E-state index in [1.54, 1.807) is 18.2 Å². The van der Waals surface area contributed by atoms with E-state index in [9.17, 15) is 4.79 Å². The summed E-state index contributed by atoms with van der Waals surface area (Å²) in [7, 11) is 0. The van der Waals surface area contributed by atoms with Gasteiger partial charge in [-0.15, -0.1) is 0 Å². The predicted molar refractivity (Wildman–Crippen MR) is 142 cm³/mol. The molecule has 1 saturated carbocycles. The molecule has 0 radical (unpaired) electrons. The fourth-order valence-corrected chi connectivity index (χ4v) is 4.72. The zero-order chi connectivity index (χ0) is 26.1. The van der Waals surface area contributed by atoms with E-state index in [2.05, 4.69) is 15.6 Å². The molecule has 2 aliphatic rings. The van der Waals surface area contributed by atoms with Gasteiger partial charge in [0, 0.05) is 54.2 Å². The van der Waals surface area contributed by atoms with Gasteiger partial charge in [-0.3, -0.25) is 9.80 Å². The average molecular weight is 548 g/mol. The zero-order valence-corrected chi connectivity index (χ0v) is 21.3. The lowest BCUT2D eigenvalue weighted by molar-refractivity contribution is 0.253. The van der Waals surface area contributed by atoms with Crippen molar-refractivity contribution in [2.45, 2.75) is 12.8 Å². The molecule has 1 aliphatic carbocycles. The minimum absolute atomic E-state index is 0.00331. The Morgan fingerprint density at radius 1 is 1.00 bits per heavy atom. The highest BCUT2D eigenvalue weighted by molar-refractivity contribution is 6.32. The van der Waals surface area contributed by atoms with Crippen molar-refractivity contribution in [1.29, 1.82) is 0 Å². The number of aliphatic hydroxyl groups is 1. The first-order valence-electron chi connectivity index (χ1n) is 12.0. The van der Waals surface area contributed by atoms with Crippen molar-refractivity contribution in [2.75, 3.05) is 47.9 Å². The molecule has 3 N–H and O–H groups in total. The Bertz CT molecular complexity index is 1320. The van der Waals surface area contributed by atoms with Gasteiger partial charge in [-0.25, -0.2) is 18.6 Å². The zero-order valence-electron chi connectivity index (χ0n) is 19.8. The molecule has 2 aromatic carbocycles. The van der Waals surface area contributed by atoms with Gasteiger partial charge < -0.3 is 15.7 Å². The van der Waals surface area contributed by atoms with Crippen molar-refractivity contribution in [3.8, 4) is 11.1 Å². The molecule has 5 rings (SSSR count). The van der Waals surface area contributed by atoms with Crippen molar-refractivity contribution in [2.24, 2.45) is 5.92 Å². The molecule has 0 bridgehead atoms. The van der Waals surface area contributed by atoms with Crippen molar-refractivity contribution < 1.29 is 18.7 Å². The summed E-state index contributed by atoms with van der Waals surface area (Å²) in [6.45, 7) is 1.66. The van der Waals surface area contributed by atoms with Crippen LogP contribution in [0.3, 0.4) is 0 Å². The molecule has 194 valence electrons. The van der Waals surface area contributed by atoms with Crippen LogP contribution in [-0.2, 0) is 0 Å². The van der Waals surface area contributed by atoms with Gasteiger partial charge in [0.15, 0.2) is 11.6 Å². The first-order chi connectivity index (χ1) is 17.9. The third-order valence-electron chi connectivity index (χ3n) is 6.30. The number of nitrogens with zero attached hydrogens (tertiary/aromatic N) is 3. The lowest BCUT2D eigenvalue weighted by Gasteiger charge is -2.29. The molecule has 7 nitrogen and oxygen atoms in total. The van der Waals surface area contributed by atoms with Crippen molar-refractivity contribution in [3.05, 3.63) is 64.3 Å². The standard InChI is InChI=1S/C26H25Cl2F2N5O2/c27-16-3-4-19-20-9-17(28)13-33-25(20)34(14-15-1-2-15)26(37)35(23(19)10-16)24-21(29)11-18(12-22(24)30)32-6-5-31-7-8-36/h3-4,9-13,15,31-32,36H,1-2,5-8,14H2. The molecular weight excluding hydrogens is 523 g/mol. The molecule has 0 atom stereocenters. The number of nitrogens with one attached hydrogen (secondary N) is 2. The van der Waals surface area contributed by atoms with Crippen LogP contribution in [0.15, 0.2) is 42.6 Å². The van der Waals surface area contributed by atoms with E-state index in [1.165, 1.54) is 17.2 Å². The number of fused-ring (bicyclic) bond motifs is 3. The van der Waals surface area contributed by atoms with Crippen LogP contribution in [0, 0.1) is 17.6 Å². The number of benzene rings is 2. The van der Waals surface area contributed by atoms with Gasteiger partial charge >= 0.3 is 6.03 Å². The second kappa shape index (κ2) is 10.8. The van der Waals surface area contributed by atoms with Crippen LogP contribution in [0.1, 0.15) is 12.8 Å². The van der Waals surface area contributed by atoms with Crippen LogP contribution in [0.25, 0.3) is 11.1 Å². The third kappa shape index (κ3) is 5.36. The summed E-state index contributed by atoms with van der Waals surface area (Å²) in [5.74, 6) is -1.16. The maximum atomic E-state index is 15.6. The number of anilines is 4. The first-order valence-corrected chi connectivity index (χ1v) is 12.7. The summed E-state index contributed by atoms with van der Waals surface area (Å²) < 4.78 is 31.2. The Morgan fingerprint density at radius 3 is 2.46 bits per heavy atom. The highest BCUT2D eigenvalue weighted by Crippen LogP contribution is 2.47. The molecule has 0 unspecified atom stereocenters. The van der Waals surface area contributed by atoms with Crippen LogP contribution in [-0.4, -0.2) is 48.9 Å². The SMILES string of the molecule is O=C1N(CC2CC2)c2ncc(Cl)cc2-c2ccc(Cl)cc2N1c1c(F)cc(NCCNCCO)cc1F. The molecule has 1 aliphatic heterocycles. The number of carbonyl (C=O) groups is 1. The van der Waals surface area contributed by atoms with Gasteiger partial charge in [-0.1, -0.05) is 29.3 Å². The second-order valence-electron chi connectivity index (χ2n) is 9.05. The lowest BCUT2D eigenvalue weighted by atomic mass is 10.0. The molecule has 37 heavy (non-hydrogen) atoms. The summed E-state index contributed by atoms with van der Waals surface area (Å²) in [5.41, 5.74) is 1.05. The molecular formula is C26H25Cl2F2N5O2. The third-order valence-corrected chi connectivity index (χ3v) is 6.74. The number of halogens is 4. The summed E-state index contributed by atoms with van der Waals surface area (Å²) >= 11 is 12.6. The number of carbonyl (C=O) groups excluding carboxylic acids is 1. The molecule has 0 spiro atoms. The number of aliphatic hydroxyl groups excluding tert-OH is 1. The van der Waals surface area contributed by atoms with Crippen molar-refractivity contribution in [1.82, 2.24) is 10.3 Å². The fraction of sp³-hybridized carbons (Fsp3) is 0.308. The van der Waals surface area contributed by atoms with E-state index in [-0.39, 0.29) is 23.9 Å². The molecule has 2 heterocycles. The van der Waals surface area contributed by atoms with Gasteiger partial charge in [-0.05, 0) is 49.1 Å². The summed E-state index contributed by atoms with van der Waals surface area (Å²) in [6.07, 6.45) is 3.37. The Kier molecular flexibility index (Phi) is 7.48. The van der Waals surface area contributed by atoms with Gasteiger partial charge in [0.2, 0.25) is 0 Å². The number of urea groups is 1. The quantitative estimate of drug-likeness (QED) is 0.294. The topological polar surface area (TPSA) is 80.7 Å². The van der Waals surface area contributed by atoms with Crippen LogP contribution in [0.4, 0.5) is 36.5 Å². The largest absolute Gasteiger partial charge is 0.395 e. The van der Waals surface area contributed by atoms with Gasteiger partial charge in [0.1, 0.15) is 11.5 Å². The summed E-state index contributed by atoms with van der Waals surface area (Å²) in [4.78, 5) is 21.0. The minimum Gasteiger partial charge on any atom is -0.395 e. The summed E-state index contributed by atoms with van der Waals surface area (Å²) in [6, 6.07) is 8.22. The highest BCUT2D eigenvalue weighted by Gasteiger charge is 2.39. The number of pyridine rings is 1. The number of hydrogen-bond acceptors (Lipinski definition) is 5. The van der Waals surface area contributed by atoms with E-state index >= 15 is 8.78 Å². The Labute approximate surface area is 223 Å². The van der Waals surface area contributed by atoms with E-state index < -0.39 is 23.4 Å². The predicted octanol–water partition coefficient (Wildman–Crippen LogP) is 5.82. The lowest BCUT2D eigenvalue weighted by Crippen LogP contribution is -2.42. The van der Waals surface area contributed by atoms with Gasteiger partial charge in [-0.2, -0.15) is 0 Å². The number of rotatable bonds is 9. The molecule has 1 fully saturated rings. The maximum Gasteiger partial charge on any atom is 0.335 e. The van der Waals surface area contributed by atoms with Crippen LogP contribution >= 0.6 is 23.2 Å². The molecule has 11 heteroatoms. The first kappa shape index (κ1) is 25.7. The second-order valence-corrected chi connectivity index (χ2v) is 9.92. The minimum atomic E-state index is -0.909. The molecule has 3 aromatic rings. The highest BCUT2D eigenvalue weighted by atomic mass is 35.5. The molecule has 1 aromatic heterocycles. The van der Waals surface area contributed by atoms with Crippen molar-refractivity contribution >= 4 is 52.1 Å². The number of hydrogen-bond donors (Lipinski definition) is 3. The monoisotopic (exact) mass is 547 g/mol. The Hall–Kier alpha value is -2.98. The Balaban J connectivity index is 1.60. The van der Waals surface area contributed by atoms with Crippen molar-refractivity contribution in [3.63, 3.8) is 0 Å². The van der Waals surface area contributed by atoms with Gasteiger partial charge in [0.25, 0.3) is 0 Å². The number of aromatic nitrogens is 1. The van der Waals surface area contributed by atoms with Gasteiger partial charge in [0.05, 0.1) is 17.3 Å². The van der Waals surface area contributed by atoms with Crippen LogP contribution in [0.2, 0.25) is 10.0 Å². The summed E-state index contributed by atoms with van der Waals surface area (Å²) in [5, 5.41) is 15.4.